The van der Waals surface area contributed by atoms with E-state index in [1.807, 2.05) is 0 Å². The number of anilines is 1. The molecule has 0 spiro atoms. The lowest BCUT2D eigenvalue weighted by Crippen LogP contribution is -2.57. The lowest BCUT2D eigenvalue weighted by molar-refractivity contribution is -0.132. The van der Waals surface area contributed by atoms with Crippen molar-refractivity contribution in [2.75, 3.05) is 11.4 Å². The normalized spacial score (nSPS) is 19.3. The van der Waals surface area contributed by atoms with Crippen molar-refractivity contribution in [3.05, 3.63) is 23.4 Å². The van der Waals surface area contributed by atoms with Gasteiger partial charge in [0.25, 0.3) is 0 Å². The van der Waals surface area contributed by atoms with Crippen molar-refractivity contribution in [2.45, 2.75) is 19.9 Å². The summed E-state index contributed by atoms with van der Waals surface area (Å²) in [4.78, 5) is 39.4. The summed E-state index contributed by atoms with van der Waals surface area (Å²) in [6.07, 6.45) is 1.22. The molecule has 1 aliphatic rings. The second-order valence-electron chi connectivity index (χ2n) is 4.39. The molecule has 1 aromatic rings. The molecule has 0 saturated carbocycles. The molecule has 1 aromatic heterocycles. The van der Waals surface area contributed by atoms with Crippen LogP contribution < -0.4 is 10.2 Å². The number of hydrogen-bond acceptors (Lipinski definition) is 5. The number of carbonyl (C=O) groups is 3. The predicted molar refractivity (Wildman–Crippen MR) is 65.9 cm³/mol. The molecule has 2 heterocycles. The van der Waals surface area contributed by atoms with E-state index in [4.69, 9.17) is 5.11 Å². The SMILES string of the molecule is Cc1cc(C(=O)O)cnc1N1CC(=O)NC(=O)C1C. The summed E-state index contributed by atoms with van der Waals surface area (Å²) in [5, 5.41) is 11.1. The zero-order valence-corrected chi connectivity index (χ0v) is 10.5. The maximum absolute atomic E-state index is 11.6. The molecule has 1 fully saturated rings. The van der Waals surface area contributed by atoms with E-state index in [2.05, 4.69) is 10.3 Å². The molecule has 100 valence electrons. The molecule has 7 heteroatoms. The Bertz CT molecular complexity index is 570. The molecule has 1 saturated heterocycles. The predicted octanol–water partition coefficient (Wildman–Crippen LogP) is -0.0605. The number of piperazine rings is 1. The van der Waals surface area contributed by atoms with Gasteiger partial charge in [-0.15, -0.1) is 0 Å². The number of carboxylic acids is 1. The van der Waals surface area contributed by atoms with Gasteiger partial charge in [0, 0.05) is 6.20 Å². The maximum Gasteiger partial charge on any atom is 0.337 e. The van der Waals surface area contributed by atoms with Crippen LogP contribution in [0.15, 0.2) is 12.3 Å². The van der Waals surface area contributed by atoms with E-state index in [1.165, 1.54) is 12.3 Å². The number of aromatic carboxylic acids is 1. The molecule has 0 radical (unpaired) electrons. The van der Waals surface area contributed by atoms with E-state index >= 15 is 0 Å². The molecule has 0 aromatic carbocycles. The van der Waals surface area contributed by atoms with Gasteiger partial charge in [-0.2, -0.15) is 0 Å². The monoisotopic (exact) mass is 263 g/mol. The highest BCUT2D eigenvalue weighted by Crippen LogP contribution is 2.21. The molecule has 2 N–H and O–H groups in total. The molecule has 1 aliphatic heterocycles. The van der Waals surface area contributed by atoms with Gasteiger partial charge in [0.15, 0.2) is 0 Å². The molecule has 7 nitrogen and oxygen atoms in total. The number of aromatic nitrogens is 1. The molecular formula is C12H13N3O4. The van der Waals surface area contributed by atoms with Crippen molar-refractivity contribution in [2.24, 2.45) is 0 Å². The summed E-state index contributed by atoms with van der Waals surface area (Å²) in [7, 11) is 0. The second-order valence-corrected chi connectivity index (χ2v) is 4.39. The van der Waals surface area contributed by atoms with E-state index in [9.17, 15) is 14.4 Å². The molecule has 2 amide bonds. The lowest BCUT2D eigenvalue weighted by atomic mass is 10.1. The molecule has 1 atom stereocenters. The van der Waals surface area contributed by atoms with Gasteiger partial charge in [0.2, 0.25) is 11.8 Å². The Labute approximate surface area is 109 Å². The van der Waals surface area contributed by atoms with Crippen LogP contribution in [-0.2, 0) is 9.59 Å². The van der Waals surface area contributed by atoms with Crippen LogP contribution in [0.3, 0.4) is 0 Å². The van der Waals surface area contributed by atoms with Gasteiger partial charge < -0.3 is 10.0 Å². The lowest BCUT2D eigenvalue weighted by Gasteiger charge is -2.33. The van der Waals surface area contributed by atoms with Gasteiger partial charge in [-0.3, -0.25) is 14.9 Å². The fourth-order valence-corrected chi connectivity index (χ4v) is 1.96. The zero-order valence-electron chi connectivity index (χ0n) is 10.5. The first kappa shape index (κ1) is 13.0. The van der Waals surface area contributed by atoms with Gasteiger partial charge >= 0.3 is 5.97 Å². The molecule has 1 unspecified atom stereocenters. The molecular weight excluding hydrogens is 250 g/mol. The quantitative estimate of drug-likeness (QED) is 0.725. The van der Waals surface area contributed by atoms with Crippen molar-refractivity contribution in [3.63, 3.8) is 0 Å². The summed E-state index contributed by atoms with van der Waals surface area (Å²) in [6.45, 7) is 3.37. The number of nitrogens with one attached hydrogen (secondary N) is 1. The minimum atomic E-state index is -1.07. The van der Waals surface area contributed by atoms with Gasteiger partial charge in [0.05, 0.1) is 12.1 Å². The number of rotatable bonds is 2. The first-order chi connectivity index (χ1) is 8.90. The number of aryl methyl sites for hydroxylation is 1. The van der Waals surface area contributed by atoms with Crippen LogP contribution in [0.2, 0.25) is 0 Å². The Hall–Kier alpha value is -2.44. The van der Waals surface area contributed by atoms with Gasteiger partial charge in [0.1, 0.15) is 11.9 Å². The van der Waals surface area contributed by atoms with Crippen LogP contribution in [0.25, 0.3) is 0 Å². The van der Waals surface area contributed by atoms with E-state index < -0.39 is 17.9 Å². The van der Waals surface area contributed by atoms with Gasteiger partial charge in [-0.05, 0) is 25.5 Å². The molecule has 0 aliphatic carbocycles. The summed E-state index contributed by atoms with van der Waals surface area (Å²) < 4.78 is 0. The third-order valence-corrected chi connectivity index (χ3v) is 2.99. The average Bonchev–Trinajstić information content (AvgIpc) is 2.33. The van der Waals surface area contributed by atoms with Crippen molar-refractivity contribution in [3.8, 4) is 0 Å². The molecule has 0 bridgehead atoms. The third kappa shape index (κ3) is 2.40. The topological polar surface area (TPSA) is 99.6 Å². The number of hydrogen-bond donors (Lipinski definition) is 2. The highest BCUT2D eigenvalue weighted by molar-refractivity contribution is 6.04. The van der Waals surface area contributed by atoms with E-state index in [1.54, 1.807) is 18.7 Å². The number of imide groups is 1. The number of pyridine rings is 1. The third-order valence-electron chi connectivity index (χ3n) is 2.99. The Morgan fingerprint density at radius 3 is 2.79 bits per heavy atom. The highest BCUT2D eigenvalue weighted by Gasteiger charge is 2.31. The van der Waals surface area contributed by atoms with Crippen LogP contribution in [-0.4, -0.2) is 40.5 Å². The average molecular weight is 263 g/mol. The largest absolute Gasteiger partial charge is 0.478 e. The number of nitrogens with zero attached hydrogens (tertiary/aromatic N) is 2. The van der Waals surface area contributed by atoms with Crippen LogP contribution in [0.1, 0.15) is 22.8 Å². The van der Waals surface area contributed by atoms with Crippen LogP contribution >= 0.6 is 0 Å². The second kappa shape index (κ2) is 4.68. The minimum absolute atomic E-state index is 0.0210. The number of amides is 2. The van der Waals surface area contributed by atoms with E-state index in [0.29, 0.717) is 11.4 Å². The van der Waals surface area contributed by atoms with E-state index in [-0.39, 0.29) is 18.0 Å². The van der Waals surface area contributed by atoms with Gasteiger partial charge in [-0.25, -0.2) is 9.78 Å². The molecule has 2 rings (SSSR count). The minimum Gasteiger partial charge on any atom is -0.478 e. The highest BCUT2D eigenvalue weighted by atomic mass is 16.4. The van der Waals surface area contributed by atoms with Crippen LogP contribution in [0.5, 0.6) is 0 Å². The van der Waals surface area contributed by atoms with Crippen LogP contribution in [0, 0.1) is 6.92 Å². The first-order valence-corrected chi connectivity index (χ1v) is 5.70. The fraction of sp³-hybridized carbons (Fsp3) is 0.333. The smallest absolute Gasteiger partial charge is 0.337 e. The summed E-state index contributed by atoms with van der Waals surface area (Å²) in [6, 6.07) is 0.938. The van der Waals surface area contributed by atoms with Crippen LogP contribution in [0.4, 0.5) is 5.82 Å². The number of carbonyl (C=O) groups excluding carboxylic acids is 2. The summed E-state index contributed by atoms with van der Waals surface area (Å²) in [5.41, 5.74) is 0.677. The number of carboxylic acid groups (broad SMARTS) is 1. The Morgan fingerprint density at radius 2 is 2.21 bits per heavy atom. The Kier molecular flexibility index (Phi) is 3.20. The first-order valence-electron chi connectivity index (χ1n) is 5.70. The van der Waals surface area contributed by atoms with Crippen molar-refractivity contribution in [1.82, 2.24) is 10.3 Å². The summed E-state index contributed by atoms with van der Waals surface area (Å²) in [5.74, 6) is -1.41. The van der Waals surface area contributed by atoms with Gasteiger partial charge in [-0.1, -0.05) is 0 Å². The van der Waals surface area contributed by atoms with Crippen molar-refractivity contribution < 1.29 is 19.5 Å². The fourth-order valence-electron chi connectivity index (χ4n) is 1.96. The maximum atomic E-state index is 11.6. The Balaban J connectivity index is 2.38. The van der Waals surface area contributed by atoms with E-state index in [0.717, 1.165) is 0 Å². The zero-order chi connectivity index (χ0) is 14.2. The van der Waals surface area contributed by atoms with Crippen molar-refractivity contribution in [1.29, 1.82) is 0 Å². The molecule has 19 heavy (non-hydrogen) atoms. The summed E-state index contributed by atoms with van der Waals surface area (Å²) >= 11 is 0. The standard InChI is InChI=1S/C12H13N3O4/c1-6-3-8(12(18)19)4-13-10(6)15-5-9(16)14-11(17)7(15)2/h3-4,7H,5H2,1-2H3,(H,18,19)(H,14,16,17). The van der Waals surface area contributed by atoms with Crippen molar-refractivity contribution >= 4 is 23.6 Å². The Morgan fingerprint density at radius 1 is 1.53 bits per heavy atom.